The summed E-state index contributed by atoms with van der Waals surface area (Å²) < 4.78 is 44.0. The van der Waals surface area contributed by atoms with E-state index in [1.165, 1.54) is 6.07 Å². The lowest BCUT2D eigenvalue weighted by atomic mass is 10.1. The Bertz CT molecular complexity index is 454. The highest BCUT2D eigenvalue weighted by atomic mass is 35.5. The number of rotatable bonds is 3. The molecule has 0 aliphatic rings. The maximum atomic E-state index is 12.0. The van der Waals surface area contributed by atoms with Crippen molar-refractivity contribution in [1.82, 2.24) is 0 Å². The average Bonchev–Trinajstić information content (AvgIpc) is 2.28. The monoisotopic (exact) mass is 319 g/mol. The standard InChI is InChI=1S/C10H9ClF3NO3.ClH/c1-17-9(16)8(15)5-2-3-7(6(11)4-5)18-10(12,13)14;/h2-4,8H,15H2,1H3;1H/t8-;/m0./s1. The molecule has 0 amide bonds. The van der Waals surface area contributed by atoms with Gasteiger partial charge in [-0.2, -0.15) is 0 Å². The molecule has 0 radical (unpaired) electrons. The molecule has 1 aromatic carbocycles. The Morgan fingerprint density at radius 1 is 1.42 bits per heavy atom. The molecule has 9 heteroatoms. The Kier molecular flexibility index (Phi) is 6.41. The summed E-state index contributed by atoms with van der Waals surface area (Å²) in [6, 6.07) is 2.18. The van der Waals surface area contributed by atoms with Gasteiger partial charge in [-0.1, -0.05) is 17.7 Å². The lowest BCUT2D eigenvalue weighted by molar-refractivity contribution is -0.274. The Labute approximate surface area is 118 Å². The summed E-state index contributed by atoms with van der Waals surface area (Å²) in [5, 5.41) is -0.302. The van der Waals surface area contributed by atoms with Crippen LogP contribution in [0.15, 0.2) is 18.2 Å². The Morgan fingerprint density at radius 2 is 2.00 bits per heavy atom. The molecule has 0 unspecified atom stereocenters. The fourth-order valence-electron chi connectivity index (χ4n) is 1.18. The molecule has 1 rings (SSSR count). The molecule has 0 saturated carbocycles. The minimum Gasteiger partial charge on any atom is -0.468 e. The maximum absolute atomic E-state index is 12.0. The zero-order chi connectivity index (χ0) is 13.9. The van der Waals surface area contributed by atoms with E-state index in [2.05, 4.69) is 9.47 Å². The van der Waals surface area contributed by atoms with Crippen molar-refractivity contribution in [1.29, 1.82) is 0 Å². The molecule has 0 aliphatic heterocycles. The van der Waals surface area contributed by atoms with Crippen LogP contribution in [0.3, 0.4) is 0 Å². The van der Waals surface area contributed by atoms with Crippen LogP contribution >= 0.6 is 24.0 Å². The fourth-order valence-corrected chi connectivity index (χ4v) is 1.41. The molecule has 1 atom stereocenters. The van der Waals surface area contributed by atoms with Gasteiger partial charge >= 0.3 is 12.3 Å². The number of hydrogen-bond donors (Lipinski definition) is 1. The lowest BCUT2D eigenvalue weighted by Gasteiger charge is -2.13. The summed E-state index contributed by atoms with van der Waals surface area (Å²) in [5.74, 6) is -1.29. The molecule has 2 N–H and O–H groups in total. The zero-order valence-corrected chi connectivity index (χ0v) is 11.1. The zero-order valence-electron chi connectivity index (χ0n) is 9.53. The number of esters is 1. The third-order valence-corrected chi connectivity index (χ3v) is 2.29. The van der Waals surface area contributed by atoms with E-state index in [0.29, 0.717) is 0 Å². The Morgan fingerprint density at radius 3 is 2.42 bits per heavy atom. The highest BCUT2D eigenvalue weighted by Crippen LogP contribution is 2.31. The molecule has 0 bridgehead atoms. The van der Waals surface area contributed by atoms with Crippen LogP contribution in [-0.2, 0) is 9.53 Å². The van der Waals surface area contributed by atoms with Crippen LogP contribution in [0, 0.1) is 0 Å². The molecule has 0 aromatic heterocycles. The van der Waals surface area contributed by atoms with Crippen LogP contribution in [0.25, 0.3) is 0 Å². The van der Waals surface area contributed by atoms with Gasteiger partial charge in [0.25, 0.3) is 0 Å². The van der Waals surface area contributed by atoms with Gasteiger partial charge in [0.15, 0.2) is 0 Å². The molecule has 0 saturated heterocycles. The fraction of sp³-hybridized carbons (Fsp3) is 0.300. The summed E-state index contributed by atoms with van der Waals surface area (Å²) in [6.45, 7) is 0. The van der Waals surface area contributed by atoms with E-state index in [4.69, 9.17) is 17.3 Å². The van der Waals surface area contributed by atoms with Crippen molar-refractivity contribution in [2.75, 3.05) is 7.11 Å². The topological polar surface area (TPSA) is 61.5 Å². The first kappa shape index (κ1) is 17.8. The summed E-state index contributed by atoms with van der Waals surface area (Å²) in [5.41, 5.74) is 5.72. The minimum atomic E-state index is -4.84. The number of alkyl halides is 3. The van der Waals surface area contributed by atoms with E-state index in [-0.39, 0.29) is 23.0 Å². The van der Waals surface area contributed by atoms with Gasteiger partial charge in [-0.05, 0) is 17.7 Å². The number of benzene rings is 1. The minimum absolute atomic E-state index is 0. The van der Waals surface area contributed by atoms with Crippen LogP contribution in [0.2, 0.25) is 5.02 Å². The summed E-state index contributed by atoms with van der Waals surface area (Å²) in [7, 11) is 1.14. The third kappa shape index (κ3) is 5.14. The quantitative estimate of drug-likeness (QED) is 0.870. The van der Waals surface area contributed by atoms with Gasteiger partial charge in [0.05, 0.1) is 12.1 Å². The first-order valence-corrected chi connectivity index (χ1v) is 5.01. The summed E-state index contributed by atoms with van der Waals surface area (Å²) in [4.78, 5) is 11.1. The molecule has 0 fully saturated rings. The number of hydrogen-bond acceptors (Lipinski definition) is 4. The molecule has 4 nitrogen and oxygen atoms in total. The van der Waals surface area contributed by atoms with Gasteiger partial charge < -0.3 is 15.2 Å². The number of ether oxygens (including phenoxy) is 2. The van der Waals surface area contributed by atoms with Crippen LogP contribution in [0.5, 0.6) is 5.75 Å². The smallest absolute Gasteiger partial charge is 0.468 e. The molecular formula is C10H10Cl2F3NO3. The SMILES string of the molecule is COC(=O)[C@@H](N)c1ccc(OC(F)(F)F)c(Cl)c1.Cl. The second kappa shape index (κ2) is 6.83. The van der Waals surface area contributed by atoms with Gasteiger partial charge in [0.2, 0.25) is 0 Å². The van der Waals surface area contributed by atoms with E-state index in [1.54, 1.807) is 0 Å². The molecular weight excluding hydrogens is 310 g/mol. The van der Waals surface area contributed by atoms with E-state index < -0.39 is 24.1 Å². The van der Waals surface area contributed by atoms with Gasteiger partial charge in [0.1, 0.15) is 11.8 Å². The van der Waals surface area contributed by atoms with Crippen LogP contribution in [-0.4, -0.2) is 19.4 Å². The Hall–Kier alpha value is -1.18. The summed E-state index contributed by atoms with van der Waals surface area (Å²) in [6.07, 6.45) is -4.84. The lowest BCUT2D eigenvalue weighted by Crippen LogP contribution is -2.22. The molecule has 1 aromatic rings. The average molecular weight is 320 g/mol. The van der Waals surface area contributed by atoms with Gasteiger partial charge in [-0.15, -0.1) is 25.6 Å². The van der Waals surface area contributed by atoms with Crippen LogP contribution < -0.4 is 10.5 Å². The number of nitrogens with two attached hydrogens (primary N) is 1. The highest BCUT2D eigenvalue weighted by molar-refractivity contribution is 6.32. The number of methoxy groups -OCH3 is 1. The number of carbonyl (C=O) groups is 1. The van der Waals surface area contributed by atoms with Gasteiger partial charge in [-0.3, -0.25) is 4.79 Å². The molecule has 0 spiro atoms. The Balaban J connectivity index is 0.00000324. The first-order chi connectivity index (χ1) is 8.24. The van der Waals surface area contributed by atoms with E-state index in [0.717, 1.165) is 19.2 Å². The van der Waals surface area contributed by atoms with Crippen LogP contribution in [0.4, 0.5) is 13.2 Å². The predicted octanol–water partition coefficient (Wildman–Crippen LogP) is 2.83. The molecule has 0 aliphatic carbocycles. The second-order valence-electron chi connectivity index (χ2n) is 3.24. The van der Waals surface area contributed by atoms with Crippen molar-refractivity contribution in [3.8, 4) is 5.75 Å². The van der Waals surface area contributed by atoms with Crippen LogP contribution in [0.1, 0.15) is 11.6 Å². The highest BCUT2D eigenvalue weighted by Gasteiger charge is 2.32. The predicted molar refractivity (Wildman–Crippen MR) is 64.3 cm³/mol. The van der Waals surface area contributed by atoms with E-state index in [1.807, 2.05) is 0 Å². The first-order valence-electron chi connectivity index (χ1n) is 4.63. The number of carbonyl (C=O) groups excluding carboxylic acids is 1. The molecule has 19 heavy (non-hydrogen) atoms. The van der Waals surface area contributed by atoms with Gasteiger partial charge in [-0.25, -0.2) is 0 Å². The van der Waals surface area contributed by atoms with Crippen molar-refractivity contribution in [2.24, 2.45) is 5.73 Å². The number of halogens is 5. The van der Waals surface area contributed by atoms with E-state index in [9.17, 15) is 18.0 Å². The maximum Gasteiger partial charge on any atom is 0.573 e. The summed E-state index contributed by atoms with van der Waals surface area (Å²) >= 11 is 5.59. The van der Waals surface area contributed by atoms with Crippen molar-refractivity contribution < 1.29 is 27.4 Å². The van der Waals surface area contributed by atoms with E-state index >= 15 is 0 Å². The normalized spacial score (nSPS) is 12.3. The molecule has 108 valence electrons. The third-order valence-electron chi connectivity index (χ3n) is 2.00. The van der Waals surface area contributed by atoms with Gasteiger partial charge in [0, 0.05) is 0 Å². The second-order valence-corrected chi connectivity index (χ2v) is 3.65. The van der Waals surface area contributed by atoms with Crippen molar-refractivity contribution in [3.05, 3.63) is 28.8 Å². The van der Waals surface area contributed by atoms with Crippen molar-refractivity contribution in [3.63, 3.8) is 0 Å². The van der Waals surface area contributed by atoms with Crippen molar-refractivity contribution in [2.45, 2.75) is 12.4 Å². The van der Waals surface area contributed by atoms with Crippen molar-refractivity contribution >= 4 is 30.0 Å². The largest absolute Gasteiger partial charge is 0.573 e. The molecule has 0 heterocycles.